The van der Waals surface area contributed by atoms with E-state index in [9.17, 15) is 0 Å². The second-order valence-electron chi connectivity index (χ2n) is 8.16. The smallest absolute Gasteiger partial charge is 0.195 e. The third-order valence-corrected chi connectivity index (χ3v) is 7.35. The minimum Gasteiger partial charge on any atom is -0.392 e. The molecule has 1 fully saturated rings. The number of rotatable bonds is 5. The van der Waals surface area contributed by atoms with Crippen molar-refractivity contribution in [3.8, 4) is 0 Å². The molecule has 0 amide bonds. The third-order valence-electron chi connectivity index (χ3n) is 5.94. The lowest BCUT2D eigenvalue weighted by molar-refractivity contribution is 0.157. The summed E-state index contributed by atoms with van der Waals surface area (Å²) in [4.78, 5) is 11.2. The van der Waals surface area contributed by atoms with Gasteiger partial charge in [-0.05, 0) is 56.6 Å². The van der Waals surface area contributed by atoms with E-state index >= 15 is 0 Å². The van der Waals surface area contributed by atoms with Crippen LogP contribution >= 0.6 is 23.4 Å². The Morgan fingerprint density at radius 3 is 2.71 bits per heavy atom. The Labute approximate surface area is 194 Å². The zero-order valence-electron chi connectivity index (χ0n) is 18.1. The van der Waals surface area contributed by atoms with Crippen LogP contribution in [-0.2, 0) is 0 Å². The van der Waals surface area contributed by atoms with Gasteiger partial charge < -0.3 is 22.1 Å². The number of aromatic nitrogens is 1. The number of nitrogens with two attached hydrogens (primary N) is 3. The number of guanidine groups is 1. The SMILES string of the molecule is C/C=C\C=CC1=C(C)CC2(CCN(C(N)=N/C=C(\N)Sc3ccnc(N)c3Cl)CC2)C1. The van der Waals surface area contributed by atoms with Gasteiger partial charge in [-0.2, -0.15) is 0 Å². The second-order valence-corrected chi connectivity index (χ2v) is 9.65. The Balaban J connectivity index is 1.56. The van der Waals surface area contributed by atoms with Crippen molar-refractivity contribution in [3.63, 3.8) is 0 Å². The van der Waals surface area contributed by atoms with E-state index in [1.165, 1.54) is 29.3 Å². The van der Waals surface area contributed by atoms with Gasteiger partial charge in [0.15, 0.2) is 5.96 Å². The number of halogens is 1. The molecule has 2 heterocycles. The lowest BCUT2D eigenvalue weighted by Crippen LogP contribution is -2.45. The van der Waals surface area contributed by atoms with Crippen molar-refractivity contribution in [2.24, 2.45) is 21.9 Å². The van der Waals surface area contributed by atoms with E-state index in [4.69, 9.17) is 28.8 Å². The normalized spacial score (nSPS) is 20.0. The standard InChI is InChI=1S/C23H31ClN6S/c1-3-4-5-6-17-14-23(13-16(17)2)8-11-30(12-9-23)22(27)29-15-19(25)31-18-7-10-28-21(26)20(18)24/h3-7,10,15H,8-9,11-14,25H2,1-2H3,(H2,26,28)(H2,27,29)/b4-3-,6-5?,19-15+. The summed E-state index contributed by atoms with van der Waals surface area (Å²) < 4.78 is 0. The van der Waals surface area contributed by atoms with Crippen molar-refractivity contribution in [1.29, 1.82) is 0 Å². The molecule has 6 nitrogen and oxygen atoms in total. The molecule has 0 unspecified atom stereocenters. The van der Waals surface area contributed by atoms with Crippen LogP contribution < -0.4 is 17.2 Å². The molecule has 0 atom stereocenters. The average molecular weight is 459 g/mol. The molecule has 1 aliphatic heterocycles. The highest BCUT2D eigenvalue weighted by Crippen LogP contribution is 2.49. The molecule has 2 aliphatic rings. The molecule has 6 N–H and O–H groups in total. The molecule has 1 aromatic rings. The van der Waals surface area contributed by atoms with Gasteiger partial charge in [0.1, 0.15) is 5.82 Å². The van der Waals surface area contributed by atoms with E-state index in [0.717, 1.165) is 37.2 Å². The van der Waals surface area contributed by atoms with E-state index in [1.54, 1.807) is 18.5 Å². The van der Waals surface area contributed by atoms with E-state index in [-0.39, 0.29) is 5.82 Å². The lowest BCUT2D eigenvalue weighted by Gasteiger charge is -2.40. The summed E-state index contributed by atoms with van der Waals surface area (Å²) in [5.41, 5.74) is 21.4. The molecule has 0 bridgehead atoms. The molecule has 1 saturated heterocycles. The topological polar surface area (TPSA) is 107 Å². The molecule has 8 heteroatoms. The summed E-state index contributed by atoms with van der Waals surface area (Å²) in [6.07, 6.45) is 16.3. The summed E-state index contributed by atoms with van der Waals surface area (Å²) in [7, 11) is 0. The first kappa shape index (κ1) is 23.3. The largest absolute Gasteiger partial charge is 0.392 e. The summed E-state index contributed by atoms with van der Waals surface area (Å²) in [6.45, 7) is 6.11. The Kier molecular flexibility index (Phi) is 7.73. The first-order chi connectivity index (χ1) is 14.8. The van der Waals surface area contributed by atoms with Crippen LogP contribution in [0.2, 0.25) is 5.02 Å². The molecular formula is C23H31ClN6S. The van der Waals surface area contributed by atoms with E-state index < -0.39 is 0 Å². The van der Waals surface area contributed by atoms with Crippen LogP contribution in [0.5, 0.6) is 0 Å². The fourth-order valence-electron chi connectivity index (χ4n) is 4.23. The number of pyridine rings is 1. The molecule has 1 aliphatic carbocycles. The highest BCUT2D eigenvalue weighted by Gasteiger charge is 2.39. The molecule has 0 radical (unpaired) electrons. The zero-order chi connectivity index (χ0) is 22.4. The van der Waals surface area contributed by atoms with E-state index in [1.807, 2.05) is 6.92 Å². The predicted molar refractivity (Wildman–Crippen MR) is 133 cm³/mol. The first-order valence-corrected chi connectivity index (χ1v) is 11.6. The highest BCUT2D eigenvalue weighted by atomic mass is 35.5. The number of anilines is 1. The third kappa shape index (κ3) is 5.86. The van der Waals surface area contributed by atoms with Crippen LogP contribution in [-0.4, -0.2) is 28.9 Å². The molecule has 166 valence electrons. The maximum atomic E-state index is 6.25. The van der Waals surface area contributed by atoms with Crippen molar-refractivity contribution in [1.82, 2.24) is 9.88 Å². The minimum absolute atomic E-state index is 0.279. The van der Waals surface area contributed by atoms with Gasteiger partial charge in [-0.15, -0.1) is 0 Å². The minimum atomic E-state index is 0.279. The van der Waals surface area contributed by atoms with Crippen LogP contribution in [0, 0.1) is 5.41 Å². The number of piperidine rings is 1. The molecule has 1 spiro atoms. The van der Waals surface area contributed by atoms with E-state index in [0.29, 0.717) is 21.4 Å². The van der Waals surface area contributed by atoms with E-state index in [2.05, 4.69) is 46.1 Å². The molecular weight excluding hydrogens is 428 g/mol. The summed E-state index contributed by atoms with van der Waals surface area (Å²) in [5, 5.41) is 0.875. The van der Waals surface area contributed by atoms with Crippen molar-refractivity contribution >= 4 is 35.1 Å². The summed E-state index contributed by atoms with van der Waals surface area (Å²) in [6, 6.07) is 1.76. The van der Waals surface area contributed by atoms with Crippen molar-refractivity contribution in [2.45, 2.75) is 44.4 Å². The number of allylic oxidation sites excluding steroid dienone is 6. The predicted octanol–water partition coefficient (Wildman–Crippen LogP) is 4.81. The van der Waals surface area contributed by atoms with Gasteiger partial charge in [-0.1, -0.05) is 53.2 Å². The van der Waals surface area contributed by atoms with Crippen LogP contribution in [0.25, 0.3) is 0 Å². The quantitative estimate of drug-likeness (QED) is 0.253. The van der Waals surface area contributed by atoms with Crippen molar-refractivity contribution in [3.05, 3.63) is 64.0 Å². The molecule has 3 rings (SSSR count). The Hall–Kier alpha value is -2.38. The number of nitrogens with zero attached hydrogens (tertiary/aromatic N) is 3. The molecule has 0 saturated carbocycles. The highest BCUT2D eigenvalue weighted by molar-refractivity contribution is 8.03. The van der Waals surface area contributed by atoms with Gasteiger partial charge in [-0.25, -0.2) is 9.98 Å². The van der Waals surface area contributed by atoms with Gasteiger partial charge in [0.25, 0.3) is 0 Å². The number of hydrogen-bond donors (Lipinski definition) is 3. The van der Waals surface area contributed by atoms with Gasteiger partial charge in [0.05, 0.1) is 16.3 Å². The molecule has 0 aromatic carbocycles. The first-order valence-electron chi connectivity index (χ1n) is 10.4. The summed E-state index contributed by atoms with van der Waals surface area (Å²) in [5.74, 6) is 0.775. The van der Waals surface area contributed by atoms with Crippen LogP contribution in [0.3, 0.4) is 0 Å². The Morgan fingerprint density at radius 1 is 1.26 bits per heavy atom. The van der Waals surface area contributed by atoms with Gasteiger partial charge in [0, 0.05) is 24.2 Å². The van der Waals surface area contributed by atoms with Crippen molar-refractivity contribution < 1.29 is 0 Å². The number of hydrogen-bond acceptors (Lipinski definition) is 5. The number of nitrogen functional groups attached to an aromatic ring is 1. The van der Waals surface area contributed by atoms with Crippen molar-refractivity contribution in [2.75, 3.05) is 18.8 Å². The number of likely N-dealkylation sites (tertiary alicyclic amines) is 1. The van der Waals surface area contributed by atoms with Gasteiger partial charge in [-0.3, -0.25) is 0 Å². The average Bonchev–Trinajstić information content (AvgIpc) is 3.05. The Bertz CT molecular complexity index is 955. The Morgan fingerprint density at radius 2 is 2.00 bits per heavy atom. The zero-order valence-corrected chi connectivity index (χ0v) is 19.7. The van der Waals surface area contributed by atoms with Crippen LogP contribution in [0.4, 0.5) is 5.82 Å². The lowest BCUT2D eigenvalue weighted by atomic mass is 9.75. The van der Waals surface area contributed by atoms with Crippen LogP contribution in [0.1, 0.15) is 39.5 Å². The number of thioether (sulfide) groups is 1. The maximum Gasteiger partial charge on any atom is 0.195 e. The monoisotopic (exact) mass is 458 g/mol. The van der Waals surface area contributed by atoms with Crippen LogP contribution in [0.15, 0.2) is 68.8 Å². The second kappa shape index (κ2) is 10.3. The maximum absolute atomic E-state index is 6.25. The summed E-state index contributed by atoms with van der Waals surface area (Å²) >= 11 is 7.45. The van der Waals surface area contributed by atoms with Gasteiger partial charge in [0.2, 0.25) is 0 Å². The number of aliphatic imine (C=N–C) groups is 1. The molecule has 31 heavy (non-hydrogen) atoms. The fraction of sp³-hybridized carbons (Fsp3) is 0.391. The molecule has 1 aromatic heterocycles. The van der Waals surface area contributed by atoms with Gasteiger partial charge >= 0.3 is 0 Å². The fourth-order valence-corrected chi connectivity index (χ4v) is 5.14.